The molecule has 56 valence electrons. The molecule has 0 saturated carbocycles. The van der Waals surface area contributed by atoms with Gasteiger partial charge >= 0.3 is 0 Å². The van der Waals surface area contributed by atoms with Crippen molar-refractivity contribution in [1.29, 1.82) is 0 Å². The summed E-state index contributed by atoms with van der Waals surface area (Å²) in [7, 11) is 0. The van der Waals surface area contributed by atoms with Gasteiger partial charge in [-0.1, -0.05) is 0 Å². The molecule has 0 aromatic rings. The second kappa shape index (κ2) is 3.79. The normalized spacial score (nSPS) is 12.0. The summed E-state index contributed by atoms with van der Waals surface area (Å²) >= 11 is 0. The maximum Gasteiger partial charge on any atom is 0.0912 e. The maximum absolute atomic E-state index is 9.22. The van der Waals surface area contributed by atoms with Crippen LogP contribution in [0.15, 0.2) is 0 Å². The summed E-state index contributed by atoms with van der Waals surface area (Å²) in [4.78, 5) is 0. The SMILES string of the molecule is NCC(O)(CN)CCO. The quantitative estimate of drug-likeness (QED) is 0.358. The Balaban J connectivity index is 3.62. The average Bonchev–Trinajstić information content (AvgIpc) is 1.89. The van der Waals surface area contributed by atoms with Crippen molar-refractivity contribution in [3.63, 3.8) is 0 Å². The summed E-state index contributed by atoms with van der Waals surface area (Å²) in [5.41, 5.74) is 9.26. The molecular formula is C5H14N2O2. The van der Waals surface area contributed by atoms with Crippen molar-refractivity contribution in [2.24, 2.45) is 11.5 Å². The molecule has 0 saturated heterocycles. The first-order valence-corrected chi connectivity index (χ1v) is 2.92. The molecule has 0 spiro atoms. The van der Waals surface area contributed by atoms with Crippen LogP contribution in [-0.4, -0.2) is 35.5 Å². The Kier molecular flexibility index (Phi) is 3.72. The van der Waals surface area contributed by atoms with Crippen molar-refractivity contribution in [2.75, 3.05) is 19.7 Å². The van der Waals surface area contributed by atoms with Gasteiger partial charge in [0.05, 0.1) is 5.60 Å². The molecule has 0 fully saturated rings. The van der Waals surface area contributed by atoms with Crippen molar-refractivity contribution < 1.29 is 10.2 Å². The molecule has 9 heavy (non-hydrogen) atoms. The van der Waals surface area contributed by atoms with Crippen LogP contribution in [0.25, 0.3) is 0 Å². The van der Waals surface area contributed by atoms with Gasteiger partial charge in [0.25, 0.3) is 0 Å². The molecule has 4 nitrogen and oxygen atoms in total. The topological polar surface area (TPSA) is 92.5 Å². The number of rotatable bonds is 4. The van der Waals surface area contributed by atoms with E-state index in [1.165, 1.54) is 0 Å². The molecule has 0 aliphatic rings. The van der Waals surface area contributed by atoms with Crippen molar-refractivity contribution >= 4 is 0 Å². The molecule has 0 amide bonds. The van der Waals surface area contributed by atoms with Gasteiger partial charge in [0.2, 0.25) is 0 Å². The van der Waals surface area contributed by atoms with E-state index in [0.29, 0.717) is 0 Å². The highest BCUT2D eigenvalue weighted by Gasteiger charge is 2.21. The lowest BCUT2D eigenvalue weighted by Gasteiger charge is -2.22. The molecule has 0 aliphatic heterocycles. The lowest BCUT2D eigenvalue weighted by molar-refractivity contribution is 0.0322. The summed E-state index contributed by atoms with van der Waals surface area (Å²) in [6.45, 7) is 0.124. The van der Waals surface area contributed by atoms with Gasteiger partial charge in [0.15, 0.2) is 0 Å². The zero-order valence-electron chi connectivity index (χ0n) is 5.38. The highest BCUT2D eigenvalue weighted by atomic mass is 16.3. The molecule has 0 unspecified atom stereocenters. The molecule has 0 bridgehead atoms. The largest absolute Gasteiger partial charge is 0.396 e. The van der Waals surface area contributed by atoms with Crippen LogP contribution < -0.4 is 11.5 Å². The van der Waals surface area contributed by atoms with Gasteiger partial charge in [-0.05, 0) is 0 Å². The molecule has 0 aromatic carbocycles. The van der Waals surface area contributed by atoms with E-state index < -0.39 is 5.60 Å². The van der Waals surface area contributed by atoms with E-state index in [4.69, 9.17) is 16.6 Å². The summed E-state index contributed by atoms with van der Waals surface area (Å²) in [6.07, 6.45) is 0.250. The van der Waals surface area contributed by atoms with Crippen LogP contribution in [0.5, 0.6) is 0 Å². The minimum absolute atomic E-state index is 0.0785. The number of hydrogen-bond donors (Lipinski definition) is 4. The highest BCUT2D eigenvalue weighted by molar-refractivity contribution is 4.79. The number of aliphatic hydroxyl groups is 2. The summed E-state index contributed by atoms with van der Waals surface area (Å²) < 4.78 is 0. The Morgan fingerprint density at radius 3 is 1.78 bits per heavy atom. The summed E-state index contributed by atoms with van der Waals surface area (Å²) in [5.74, 6) is 0. The number of nitrogens with two attached hydrogens (primary N) is 2. The van der Waals surface area contributed by atoms with Crippen LogP contribution in [0.1, 0.15) is 6.42 Å². The lowest BCUT2D eigenvalue weighted by atomic mass is 10.0. The van der Waals surface area contributed by atoms with Crippen LogP contribution >= 0.6 is 0 Å². The first kappa shape index (κ1) is 8.84. The van der Waals surface area contributed by atoms with Gasteiger partial charge in [-0.2, -0.15) is 0 Å². The molecule has 4 heteroatoms. The fourth-order valence-electron chi connectivity index (χ4n) is 0.496. The van der Waals surface area contributed by atoms with Gasteiger partial charge in [0.1, 0.15) is 0 Å². The monoisotopic (exact) mass is 134 g/mol. The molecular weight excluding hydrogens is 120 g/mol. The highest BCUT2D eigenvalue weighted by Crippen LogP contribution is 2.03. The van der Waals surface area contributed by atoms with Crippen LogP contribution in [0.4, 0.5) is 0 Å². The summed E-state index contributed by atoms with van der Waals surface area (Å²) in [6, 6.07) is 0. The minimum atomic E-state index is -1.06. The molecule has 0 aromatic heterocycles. The van der Waals surface area contributed by atoms with Gasteiger partial charge < -0.3 is 21.7 Å². The number of aliphatic hydroxyl groups excluding tert-OH is 1. The molecule has 0 heterocycles. The van der Waals surface area contributed by atoms with E-state index in [-0.39, 0.29) is 26.1 Å². The first-order chi connectivity index (χ1) is 4.18. The second-order valence-corrected chi connectivity index (χ2v) is 2.11. The van der Waals surface area contributed by atoms with Gasteiger partial charge in [-0.15, -0.1) is 0 Å². The Labute approximate surface area is 54.5 Å². The molecule has 0 radical (unpaired) electrons. The van der Waals surface area contributed by atoms with Crippen LogP contribution in [0.3, 0.4) is 0 Å². The molecule has 0 rings (SSSR count). The predicted molar refractivity (Wildman–Crippen MR) is 34.8 cm³/mol. The van der Waals surface area contributed by atoms with E-state index in [0.717, 1.165) is 0 Å². The lowest BCUT2D eigenvalue weighted by Crippen LogP contribution is -2.45. The standard InChI is InChI=1S/C5H14N2O2/c6-3-5(9,4-7)1-2-8/h8-9H,1-4,6-7H2. The second-order valence-electron chi connectivity index (χ2n) is 2.11. The van der Waals surface area contributed by atoms with Crippen LogP contribution in [0.2, 0.25) is 0 Å². The van der Waals surface area contributed by atoms with Crippen LogP contribution in [0, 0.1) is 0 Å². The Bertz CT molecular complexity index is 73.4. The van der Waals surface area contributed by atoms with Crippen molar-refractivity contribution in [1.82, 2.24) is 0 Å². The Morgan fingerprint density at radius 2 is 1.67 bits per heavy atom. The van der Waals surface area contributed by atoms with E-state index in [1.807, 2.05) is 0 Å². The molecule has 0 atom stereocenters. The molecule has 6 N–H and O–H groups in total. The van der Waals surface area contributed by atoms with Gasteiger partial charge in [-0.25, -0.2) is 0 Å². The summed E-state index contributed by atoms with van der Waals surface area (Å²) in [5, 5.41) is 17.6. The van der Waals surface area contributed by atoms with E-state index in [9.17, 15) is 5.11 Å². The maximum atomic E-state index is 9.22. The third-order valence-corrected chi connectivity index (χ3v) is 1.34. The third kappa shape index (κ3) is 2.76. The number of hydrogen-bond acceptors (Lipinski definition) is 4. The van der Waals surface area contributed by atoms with Crippen molar-refractivity contribution in [3.8, 4) is 0 Å². The van der Waals surface area contributed by atoms with Gasteiger partial charge in [-0.3, -0.25) is 0 Å². The minimum Gasteiger partial charge on any atom is -0.396 e. The van der Waals surface area contributed by atoms with E-state index in [1.54, 1.807) is 0 Å². The zero-order valence-corrected chi connectivity index (χ0v) is 5.38. The smallest absolute Gasteiger partial charge is 0.0912 e. The fraction of sp³-hybridized carbons (Fsp3) is 1.00. The van der Waals surface area contributed by atoms with Crippen LogP contribution in [-0.2, 0) is 0 Å². The van der Waals surface area contributed by atoms with E-state index in [2.05, 4.69) is 0 Å². The fourth-order valence-corrected chi connectivity index (χ4v) is 0.496. The Hall–Kier alpha value is -0.160. The first-order valence-electron chi connectivity index (χ1n) is 2.92. The molecule has 0 aliphatic carbocycles. The Morgan fingerprint density at radius 1 is 1.22 bits per heavy atom. The van der Waals surface area contributed by atoms with Crippen molar-refractivity contribution in [3.05, 3.63) is 0 Å². The zero-order chi connectivity index (χ0) is 7.33. The van der Waals surface area contributed by atoms with Gasteiger partial charge in [0, 0.05) is 26.1 Å². The predicted octanol–water partition coefficient (Wildman–Crippen LogP) is -1.98. The average molecular weight is 134 g/mol. The van der Waals surface area contributed by atoms with Crippen molar-refractivity contribution in [2.45, 2.75) is 12.0 Å². The van der Waals surface area contributed by atoms with E-state index >= 15 is 0 Å². The third-order valence-electron chi connectivity index (χ3n) is 1.34.